The van der Waals surface area contributed by atoms with Crippen molar-refractivity contribution in [1.82, 2.24) is 5.32 Å². The zero-order chi connectivity index (χ0) is 17.0. The molecule has 0 saturated heterocycles. The lowest BCUT2D eigenvalue weighted by Crippen LogP contribution is -2.48. The Morgan fingerprint density at radius 2 is 2.17 bits per heavy atom. The second-order valence-corrected chi connectivity index (χ2v) is 6.41. The summed E-state index contributed by atoms with van der Waals surface area (Å²) >= 11 is 3.25. The third-order valence-electron chi connectivity index (χ3n) is 3.75. The average Bonchev–Trinajstić information content (AvgIpc) is 3.38. The molecule has 1 aromatic rings. The van der Waals surface area contributed by atoms with Crippen LogP contribution in [0.4, 0.5) is 0 Å². The van der Waals surface area contributed by atoms with Gasteiger partial charge >= 0.3 is 5.97 Å². The predicted molar refractivity (Wildman–Crippen MR) is 85.9 cm³/mol. The van der Waals surface area contributed by atoms with Crippen LogP contribution in [0.3, 0.4) is 0 Å². The number of esters is 1. The van der Waals surface area contributed by atoms with Crippen LogP contribution >= 0.6 is 15.9 Å². The summed E-state index contributed by atoms with van der Waals surface area (Å²) < 4.78 is 10.6. The van der Waals surface area contributed by atoms with Crippen LogP contribution < -0.4 is 10.1 Å². The molecule has 1 N–H and O–H groups in total. The molecule has 0 aliphatic heterocycles. The van der Waals surface area contributed by atoms with Crippen LogP contribution in [0.15, 0.2) is 22.7 Å². The van der Waals surface area contributed by atoms with Crippen LogP contribution in [0.2, 0.25) is 0 Å². The topological polar surface area (TPSA) is 88.4 Å². The van der Waals surface area contributed by atoms with E-state index in [4.69, 9.17) is 9.47 Å². The molecule has 6 nitrogen and oxygen atoms in total. The molecule has 7 heteroatoms. The standard InChI is InChI=1S/C16H17BrN2O4/c1-16(9-18,10-3-4-10)19-14(20)8-23-15(21)12-7-11(22-2)5-6-13(12)17/h5-7,10H,3-4,8H2,1-2H3,(H,19,20)/t16-/m0/s1. The van der Waals surface area contributed by atoms with E-state index in [2.05, 4.69) is 27.3 Å². The summed E-state index contributed by atoms with van der Waals surface area (Å²) in [5, 5.41) is 11.8. The molecule has 0 spiro atoms. The molecule has 1 atom stereocenters. The van der Waals surface area contributed by atoms with E-state index >= 15 is 0 Å². The number of benzene rings is 1. The fourth-order valence-corrected chi connectivity index (χ4v) is 2.61. The Balaban J connectivity index is 1.94. The van der Waals surface area contributed by atoms with Gasteiger partial charge in [-0.3, -0.25) is 4.79 Å². The van der Waals surface area contributed by atoms with Crippen molar-refractivity contribution in [1.29, 1.82) is 5.26 Å². The molecule has 0 aromatic heterocycles. The van der Waals surface area contributed by atoms with E-state index in [0.29, 0.717) is 10.2 Å². The van der Waals surface area contributed by atoms with Gasteiger partial charge in [0.05, 0.1) is 18.7 Å². The summed E-state index contributed by atoms with van der Waals surface area (Å²) in [6, 6.07) is 7.00. The number of carbonyl (C=O) groups is 2. The second-order valence-electron chi connectivity index (χ2n) is 5.56. The van der Waals surface area contributed by atoms with Crippen molar-refractivity contribution in [3.8, 4) is 11.8 Å². The van der Waals surface area contributed by atoms with E-state index < -0.39 is 24.0 Å². The molecule has 0 unspecified atom stereocenters. The predicted octanol–water partition coefficient (Wildman–Crippen LogP) is 2.42. The first kappa shape index (κ1) is 17.3. The molecule has 1 fully saturated rings. The summed E-state index contributed by atoms with van der Waals surface area (Å²) in [4.78, 5) is 24.0. The fourth-order valence-electron chi connectivity index (χ4n) is 2.20. The molecule has 0 bridgehead atoms. The number of ether oxygens (including phenoxy) is 2. The van der Waals surface area contributed by atoms with Gasteiger partial charge in [0.2, 0.25) is 0 Å². The molecule has 1 aliphatic carbocycles. The molecule has 1 saturated carbocycles. The number of hydrogen-bond acceptors (Lipinski definition) is 5. The largest absolute Gasteiger partial charge is 0.497 e. The van der Waals surface area contributed by atoms with Crippen molar-refractivity contribution in [2.24, 2.45) is 5.92 Å². The Kier molecular flexibility index (Phi) is 5.26. The monoisotopic (exact) mass is 380 g/mol. The van der Waals surface area contributed by atoms with E-state index in [1.165, 1.54) is 13.2 Å². The molecule has 1 amide bonds. The highest BCUT2D eigenvalue weighted by molar-refractivity contribution is 9.10. The van der Waals surface area contributed by atoms with Gasteiger partial charge in [0.25, 0.3) is 5.91 Å². The normalized spacial score (nSPS) is 15.9. The van der Waals surface area contributed by atoms with Crippen molar-refractivity contribution in [2.45, 2.75) is 25.3 Å². The van der Waals surface area contributed by atoms with Gasteiger partial charge in [-0.15, -0.1) is 0 Å². The molecule has 1 aromatic carbocycles. The Labute approximate surface area is 142 Å². The third kappa shape index (κ3) is 4.23. The van der Waals surface area contributed by atoms with E-state index in [0.717, 1.165) is 12.8 Å². The Hall–Kier alpha value is -2.07. The van der Waals surface area contributed by atoms with E-state index in [1.807, 2.05) is 0 Å². The maximum atomic E-state index is 12.1. The Morgan fingerprint density at radius 3 is 2.74 bits per heavy atom. The lowest BCUT2D eigenvalue weighted by Gasteiger charge is -2.22. The lowest BCUT2D eigenvalue weighted by atomic mass is 9.98. The van der Waals surface area contributed by atoms with Crippen molar-refractivity contribution in [3.05, 3.63) is 28.2 Å². The van der Waals surface area contributed by atoms with Crippen LogP contribution in [-0.4, -0.2) is 31.1 Å². The maximum absolute atomic E-state index is 12.1. The summed E-state index contributed by atoms with van der Waals surface area (Å²) in [7, 11) is 1.49. The van der Waals surface area contributed by atoms with Gasteiger partial charge in [-0.05, 0) is 59.8 Å². The first-order valence-corrected chi connectivity index (χ1v) is 7.92. The average molecular weight is 381 g/mol. The molecular weight excluding hydrogens is 364 g/mol. The Bertz CT molecular complexity index is 667. The number of nitrogens with one attached hydrogen (secondary N) is 1. The van der Waals surface area contributed by atoms with Gasteiger partial charge < -0.3 is 14.8 Å². The zero-order valence-electron chi connectivity index (χ0n) is 12.9. The first-order valence-electron chi connectivity index (χ1n) is 7.12. The van der Waals surface area contributed by atoms with Crippen LogP contribution in [0.5, 0.6) is 5.75 Å². The van der Waals surface area contributed by atoms with Crippen LogP contribution in [0, 0.1) is 17.2 Å². The van der Waals surface area contributed by atoms with Crippen molar-refractivity contribution >= 4 is 27.8 Å². The molecule has 0 radical (unpaired) electrons. The third-order valence-corrected chi connectivity index (χ3v) is 4.44. The summed E-state index contributed by atoms with van der Waals surface area (Å²) in [6.07, 6.45) is 1.84. The van der Waals surface area contributed by atoms with Gasteiger partial charge in [0.15, 0.2) is 6.61 Å². The molecule has 0 heterocycles. The minimum atomic E-state index is -0.903. The molecule has 122 valence electrons. The van der Waals surface area contributed by atoms with E-state index in [9.17, 15) is 14.9 Å². The highest BCUT2D eigenvalue weighted by atomic mass is 79.9. The summed E-state index contributed by atoms with van der Waals surface area (Å²) in [6.45, 7) is 1.25. The molecule has 23 heavy (non-hydrogen) atoms. The quantitative estimate of drug-likeness (QED) is 0.765. The number of carbonyl (C=O) groups excluding carboxylic acids is 2. The van der Waals surface area contributed by atoms with Gasteiger partial charge in [-0.2, -0.15) is 5.26 Å². The van der Waals surface area contributed by atoms with E-state index in [-0.39, 0.29) is 11.5 Å². The van der Waals surface area contributed by atoms with Gasteiger partial charge in [-0.1, -0.05) is 0 Å². The zero-order valence-corrected chi connectivity index (χ0v) is 14.5. The number of nitriles is 1. The molecule has 1 aliphatic rings. The van der Waals surface area contributed by atoms with Gasteiger partial charge in [0.1, 0.15) is 11.3 Å². The Morgan fingerprint density at radius 1 is 1.48 bits per heavy atom. The number of rotatable bonds is 6. The van der Waals surface area contributed by atoms with Crippen molar-refractivity contribution in [2.75, 3.05) is 13.7 Å². The summed E-state index contributed by atoms with van der Waals surface area (Å²) in [5.74, 6) is -0.459. The van der Waals surface area contributed by atoms with E-state index in [1.54, 1.807) is 19.1 Å². The van der Waals surface area contributed by atoms with Crippen LogP contribution in [0.25, 0.3) is 0 Å². The fraction of sp³-hybridized carbons (Fsp3) is 0.438. The molecule has 2 rings (SSSR count). The van der Waals surface area contributed by atoms with Gasteiger partial charge in [0, 0.05) is 4.47 Å². The number of amides is 1. The maximum Gasteiger partial charge on any atom is 0.339 e. The smallest absolute Gasteiger partial charge is 0.339 e. The highest BCUT2D eigenvalue weighted by Crippen LogP contribution is 2.39. The second kappa shape index (κ2) is 7.01. The minimum Gasteiger partial charge on any atom is -0.497 e. The number of hydrogen-bond donors (Lipinski definition) is 1. The highest BCUT2D eigenvalue weighted by Gasteiger charge is 2.43. The first-order chi connectivity index (χ1) is 10.9. The number of nitrogens with zero attached hydrogens (tertiary/aromatic N) is 1. The molecular formula is C16H17BrN2O4. The summed E-state index contributed by atoms with van der Waals surface area (Å²) in [5.41, 5.74) is -0.637. The van der Waals surface area contributed by atoms with Crippen LogP contribution in [0.1, 0.15) is 30.1 Å². The van der Waals surface area contributed by atoms with Crippen LogP contribution in [-0.2, 0) is 9.53 Å². The van der Waals surface area contributed by atoms with Gasteiger partial charge in [-0.25, -0.2) is 4.79 Å². The number of halogens is 1. The SMILES string of the molecule is COc1ccc(Br)c(C(=O)OCC(=O)N[C@@](C)(C#N)C2CC2)c1. The van der Waals surface area contributed by atoms with Crippen molar-refractivity contribution in [3.63, 3.8) is 0 Å². The number of methoxy groups -OCH3 is 1. The van der Waals surface area contributed by atoms with Crippen molar-refractivity contribution < 1.29 is 19.1 Å². The minimum absolute atomic E-state index is 0.166. The lowest BCUT2D eigenvalue weighted by molar-refractivity contribution is -0.125.